The van der Waals surface area contributed by atoms with E-state index in [9.17, 15) is 0 Å². The van der Waals surface area contributed by atoms with Crippen LogP contribution in [0.25, 0.3) is 11.1 Å². The van der Waals surface area contributed by atoms with Crippen LogP contribution in [0.1, 0.15) is 57.6 Å². The smallest absolute Gasteiger partial charge is 0.122 e. The zero-order chi connectivity index (χ0) is 18.8. The van der Waals surface area contributed by atoms with E-state index in [1.807, 2.05) is 6.92 Å². The molecule has 0 amide bonds. The van der Waals surface area contributed by atoms with E-state index in [4.69, 9.17) is 10.00 Å². The molecule has 0 fully saturated rings. The molecule has 0 bridgehead atoms. The molecule has 0 aliphatic heterocycles. The lowest BCUT2D eigenvalue weighted by molar-refractivity contribution is 0.300. The summed E-state index contributed by atoms with van der Waals surface area (Å²) in [6, 6.07) is 17.5. The van der Waals surface area contributed by atoms with Crippen LogP contribution in [-0.4, -0.2) is 6.61 Å². The van der Waals surface area contributed by atoms with Crippen molar-refractivity contribution in [1.29, 1.82) is 5.26 Å². The predicted molar refractivity (Wildman–Crippen MR) is 109 cm³/mol. The summed E-state index contributed by atoms with van der Waals surface area (Å²) in [6.07, 6.45) is 6.14. The molecule has 2 heteroatoms. The molecule has 2 aromatic carbocycles. The summed E-state index contributed by atoms with van der Waals surface area (Å²) >= 11 is 0. The Morgan fingerprint density at radius 3 is 2.46 bits per heavy atom. The first kappa shape index (κ1) is 20.0. The van der Waals surface area contributed by atoms with Gasteiger partial charge in [-0.2, -0.15) is 5.26 Å². The second kappa shape index (κ2) is 10.7. The zero-order valence-electron chi connectivity index (χ0n) is 16.4. The maximum Gasteiger partial charge on any atom is 0.122 e. The molecule has 0 saturated carbocycles. The summed E-state index contributed by atoms with van der Waals surface area (Å²) in [5.41, 5.74) is 5.25. The van der Waals surface area contributed by atoms with Crippen molar-refractivity contribution in [1.82, 2.24) is 0 Å². The maximum absolute atomic E-state index is 8.86. The van der Waals surface area contributed by atoms with Crippen molar-refractivity contribution >= 4 is 0 Å². The number of rotatable bonds is 10. The Labute approximate surface area is 158 Å². The highest BCUT2D eigenvalue weighted by molar-refractivity contribution is 5.70. The van der Waals surface area contributed by atoms with Gasteiger partial charge in [0, 0.05) is 5.92 Å². The molecule has 0 N–H and O–H groups in total. The lowest BCUT2D eigenvalue weighted by Crippen LogP contribution is -2.03. The summed E-state index contributed by atoms with van der Waals surface area (Å²) in [5.74, 6) is 1.17. The third-order valence-corrected chi connectivity index (χ3v) is 4.78. The zero-order valence-corrected chi connectivity index (χ0v) is 16.4. The summed E-state index contributed by atoms with van der Waals surface area (Å²) < 4.78 is 6.14. The number of nitriles is 1. The molecule has 2 nitrogen and oxygen atoms in total. The summed E-state index contributed by atoms with van der Waals surface area (Å²) in [6.45, 7) is 7.11. The molecule has 138 valence electrons. The molecular weight excluding hydrogens is 318 g/mol. The van der Waals surface area contributed by atoms with E-state index in [0.717, 1.165) is 50.9 Å². The molecule has 0 aliphatic rings. The van der Waals surface area contributed by atoms with Crippen LogP contribution in [0.4, 0.5) is 0 Å². The van der Waals surface area contributed by atoms with Gasteiger partial charge < -0.3 is 4.74 Å². The van der Waals surface area contributed by atoms with Crippen molar-refractivity contribution in [2.45, 2.75) is 59.3 Å². The number of hydrogen-bond acceptors (Lipinski definition) is 2. The van der Waals surface area contributed by atoms with Crippen molar-refractivity contribution < 1.29 is 4.74 Å². The summed E-state index contributed by atoms with van der Waals surface area (Å²) in [5, 5.41) is 8.86. The number of aryl methyl sites for hydroxylation is 2. The number of unbranched alkanes of at least 4 members (excludes halogenated alkanes) is 1. The Morgan fingerprint density at radius 2 is 1.81 bits per heavy atom. The van der Waals surface area contributed by atoms with Gasteiger partial charge in [0.25, 0.3) is 0 Å². The van der Waals surface area contributed by atoms with Gasteiger partial charge in [0.05, 0.1) is 12.7 Å². The quantitative estimate of drug-likeness (QED) is 0.454. The molecule has 26 heavy (non-hydrogen) atoms. The van der Waals surface area contributed by atoms with Crippen LogP contribution in [0.15, 0.2) is 42.5 Å². The molecule has 0 aromatic heterocycles. The Morgan fingerprint density at radius 1 is 1.04 bits per heavy atom. The topological polar surface area (TPSA) is 33.0 Å². The second-order valence-corrected chi connectivity index (χ2v) is 6.96. The highest BCUT2D eigenvalue weighted by Gasteiger charge is 2.11. The van der Waals surface area contributed by atoms with Crippen molar-refractivity contribution in [3.63, 3.8) is 0 Å². The molecule has 0 spiro atoms. The Balaban J connectivity index is 2.14. The van der Waals surface area contributed by atoms with Crippen LogP contribution >= 0.6 is 0 Å². The average molecular weight is 350 g/mol. The first-order chi connectivity index (χ1) is 12.7. The van der Waals surface area contributed by atoms with E-state index in [0.29, 0.717) is 0 Å². The van der Waals surface area contributed by atoms with Crippen molar-refractivity contribution in [2.75, 3.05) is 6.61 Å². The summed E-state index contributed by atoms with van der Waals surface area (Å²) in [4.78, 5) is 0. The Bertz CT molecular complexity index is 715. The van der Waals surface area contributed by atoms with Crippen LogP contribution in [-0.2, 0) is 12.8 Å². The fourth-order valence-corrected chi connectivity index (χ4v) is 3.24. The molecular formula is C24H31NO. The average Bonchev–Trinajstić information content (AvgIpc) is 2.68. The van der Waals surface area contributed by atoms with E-state index in [2.05, 4.69) is 62.4 Å². The lowest BCUT2D eigenvalue weighted by Gasteiger charge is -2.17. The number of benzene rings is 2. The molecule has 1 unspecified atom stereocenters. The first-order valence-electron chi connectivity index (χ1n) is 9.93. The minimum Gasteiger partial charge on any atom is -0.493 e. The van der Waals surface area contributed by atoms with Gasteiger partial charge in [0.15, 0.2) is 0 Å². The molecule has 0 radical (unpaired) electrons. The van der Waals surface area contributed by atoms with Gasteiger partial charge in [-0.1, -0.05) is 50.6 Å². The number of nitrogens with zero attached hydrogens (tertiary/aromatic N) is 1. The van der Waals surface area contributed by atoms with E-state index in [1.54, 1.807) is 0 Å². The monoisotopic (exact) mass is 349 g/mol. The van der Waals surface area contributed by atoms with E-state index in [1.165, 1.54) is 22.3 Å². The van der Waals surface area contributed by atoms with Gasteiger partial charge in [-0.15, -0.1) is 0 Å². The molecule has 2 aromatic rings. The van der Waals surface area contributed by atoms with Gasteiger partial charge in [0.1, 0.15) is 5.75 Å². The van der Waals surface area contributed by atoms with Gasteiger partial charge in [-0.3, -0.25) is 0 Å². The van der Waals surface area contributed by atoms with Crippen molar-refractivity contribution in [2.24, 2.45) is 5.92 Å². The van der Waals surface area contributed by atoms with Crippen LogP contribution in [0, 0.1) is 17.2 Å². The lowest BCUT2D eigenvalue weighted by atomic mass is 9.93. The van der Waals surface area contributed by atoms with Crippen LogP contribution in [0.5, 0.6) is 5.75 Å². The van der Waals surface area contributed by atoms with Crippen LogP contribution in [0.3, 0.4) is 0 Å². The third kappa shape index (κ3) is 5.63. The maximum atomic E-state index is 8.86. The van der Waals surface area contributed by atoms with E-state index < -0.39 is 0 Å². The number of ether oxygens (including phenoxy) is 1. The molecule has 1 atom stereocenters. The fourth-order valence-electron chi connectivity index (χ4n) is 3.24. The fraction of sp³-hybridized carbons (Fsp3) is 0.458. The molecule has 2 rings (SSSR count). The van der Waals surface area contributed by atoms with Gasteiger partial charge in [0.2, 0.25) is 0 Å². The van der Waals surface area contributed by atoms with E-state index in [-0.39, 0.29) is 5.92 Å². The van der Waals surface area contributed by atoms with Crippen LogP contribution < -0.4 is 4.74 Å². The van der Waals surface area contributed by atoms with Crippen LogP contribution in [0.2, 0.25) is 0 Å². The van der Waals surface area contributed by atoms with Gasteiger partial charge >= 0.3 is 0 Å². The molecule has 0 heterocycles. The third-order valence-electron chi connectivity index (χ3n) is 4.78. The largest absolute Gasteiger partial charge is 0.493 e. The van der Waals surface area contributed by atoms with Crippen molar-refractivity contribution in [3.05, 3.63) is 53.6 Å². The molecule has 0 aliphatic carbocycles. The Kier molecular flexibility index (Phi) is 8.22. The highest BCUT2D eigenvalue weighted by atomic mass is 16.5. The van der Waals surface area contributed by atoms with Crippen molar-refractivity contribution in [3.8, 4) is 22.9 Å². The predicted octanol–water partition coefficient (Wildman–Crippen LogP) is 6.58. The standard InChI is InChI=1S/C24H31NO/c1-4-11-22-17-24(26-15-10-9-12-19(3)18-25)20(5-2)16-23(22)21-13-7-6-8-14-21/h6-8,13-14,16-17,19H,4-5,9-12,15H2,1-3H3. The second-order valence-electron chi connectivity index (χ2n) is 6.96. The number of hydrogen-bond donors (Lipinski definition) is 0. The minimum atomic E-state index is 0.141. The minimum absolute atomic E-state index is 0.141. The van der Waals surface area contributed by atoms with Gasteiger partial charge in [-0.25, -0.2) is 0 Å². The normalized spacial score (nSPS) is 11.8. The SMILES string of the molecule is CCCc1cc(OCCCCC(C)C#N)c(CC)cc1-c1ccccc1. The highest BCUT2D eigenvalue weighted by Crippen LogP contribution is 2.32. The summed E-state index contributed by atoms with van der Waals surface area (Å²) in [7, 11) is 0. The van der Waals surface area contributed by atoms with Gasteiger partial charge in [-0.05, 0) is 73.4 Å². The van der Waals surface area contributed by atoms with E-state index >= 15 is 0 Å². The molecule has 0 saturated heterocycles. The first-order valence-corrected chi connectivity index (χ1v) is 9.93. The Hall–Kier alpha value is -2.27.